The number of rotatable bonds is 7. The second kappa shape index (κ2) is 7.88. The lowest BCUT2D eigenvalue weighted by Crippen LogP contribution is -2.70. The van der Waals surface area contributed by atoms with Crippen molar-refractivity contribution in [3.63, 3.8) is 0 Å². The first-order valence-electron chi connectivity index (χ1n) is 12.6. The van der Waals surface area contributed by atoms with E-state index >= 15 is 0 Å². The van der Waals surface area contributed by atoms with Crippen LogP contribution in [0.3, 0.4) is 0 Å². The van der Waals surface area contributed by atoms with Crippen LogP contribution >= 0.6 is 0 Å². The summed E-state index contributed by atoms with van der Waals surface area (Å²) >= 11 is 0. The van der Waals surface area contributed by atoms with Gasteiger partial charge >= 0.3 is 0 Å². The molecule has 1 aromatic heterocycles. The fourth-order valence-corrected chi connectivity index (χ4v) is 6.77. The Bertz CT molecular complexity index is 1010. The summed E-state index contributed by atoms with van der Waals surface area (Å²) in [5.41, 5.74) is 4.73. The average Bonchev–Trinajstić information content (AvgIpc) is 3.53. The first-order valence-corrected chi connectivity index (χ1v) is 12.6. The minimum atomic E-state index is -0.886. The molecule has 5 heteroatoms. The quantitative estimate of drug-likeness (QED) is 0.683. The Labute approximate surface area is 192 Å². The predicted molar refractivity (Wildman–Crippen MR) is 127 cm³/mol. The molecule has 0 aliphatic heterocycles. The number of phenolic OH excluding ortho intramolecular Hbond substituents is 1. The van der Waals surface area contributed by atoms with Crippen LogP contribution in [-0.2, 0) is 31.2 Å². The number of hydrogen-bond acceptors (Lipinski definition) is 4. The summed E-state index contributed by atoms with van der Waals surface area (Å²) in [5, 5.41) is 28.1. The Kier molecular flexibility index (Phi) is 5.41. The lowest BCUT2D eigenvalue weighted by atomic mass is 9.51. The SMILES string of the molecule is CCCCn1nc(C)c2c1C[C@]1(CC)c3cc(O)ccc3C[C@@H](N(C)CC3CC3)[C@]1(O)C2. The molecule has 0 spiro atoms. The highest BCUT2D eigenvalue weighted by Gasteiger charge is 2.62. The third kappa shape index (κ3) is 3.23. The number of likely N-dealkylation sites (N-methyl/N-ethyl adjacent to an activating group) is 1. The number of nitrogens with zero attached hydrogens (tertiary/aromatic N) is 3. The second-order valence-corrected chi connectivity index (χ2v) is 10.7. The van der Waals surface area contributed by atoms with Crippen LogP contribution < -0.4 is 0 Å². The van der Waals surface area contributed by atoms with Crippen LogP contribution in [0.15, 0.2) is 18.2 Å². The molecule has 0 amide bonds. The van der Waals surface area contributed by atoms with Crippen molar-refractivity contribution in [2.75, 3.05) is 13.6 Å². The highest BCUT2D eigenvalue weighted by molar-refractivity contribution is 5.51. The molecule has 1 heterocycles. The Balaban J connectivity index is 1.67. The Morgan fingerprint density at radius 3 is 2.69 bits per heavy atom. The molecule has 2 aromatic rings. The van der Waals surface area contributed by atoms with Gasteiger partial charge in [-0.25, -0.2) is 0 Å². The largest absolute Gasteiger partial charge is 0.508 e. The zero-order valence-corrected chi connectivity index (χ0v) is 20.2. The summed E-state index contributed by atoms with van der Waals surface area (Å²) in [6, 6.07) is 5.90. The van der Waals surface area contributed by atoms with Crippen LogP contribution in [0, 0.1) is 12.8 Å². The van der Waals surface area contributed by atoms with Gasteiger partial charge in [0.1, 0.15) is 5.75 Å². The molecule has 0 bridgehead atoms. The van der Waals surface area contributed by atoms with Crippen LogP contribution in [0.25, 0.3) is 0 Å². The van der Waals surface area contributed by atoms with E-state index in [0.717, 1.165) is 62.4 Å². The maximum Gasteiger partial charge on any atom is 0.115 e. The van der Waals surface area contributed by atoms with Crippen LogP contribution in [-0.4, -0.2) is 50.1 Å². The number of aromatic hydroxyl groups is 1. The second-order valence-electron chi connectivity index (χ2n) is 10.7. The molecule has 0 unspecified atom stereocenters. The number of fused-ring (bicyclic) bond motifs is 4. The summed E-state index contributed by atoms with van der Waals surface area (Å²) in [4.78, 5) is 2.44. The molecular formula is C27H39N3O2. The van der Waals surface area contributed by atoms with Crippen LogP contribution in [0.5, 0.6) is 5.75 Å². The van der Waals surface area contributed by atoms with E-state index in [4.69, 9.17) is 5.10 Å². The molecule has 2 N–H and O–H groups in total. The van der Waals surface area contributed by atoms with Gasteiger partial charge in [-0.3, -0.25) is 9.58 Å². The predicted octanol–water partition coefficient (Wildman–Crippen LogP) is 4.14. The average molecular weight is 438 g/mol. The van der Waals surface area contributed by atoms with E-state index in [1.807, 2.05) is 12.1 Å². The summed E-state index contributed by atoms with van der Waals surface area (Å²) < 4.78 is 2.21. The van der Waals surface area contributed by atoms with E-state index in [1.54, 1.807) is 0 Å². The normalized spacial score (nSPS) is 29.0. The van der Waals surface area contributed by atoms with Gasteiger partial charge in [-0.05, 0) is 80.8 Å². The number of unbranched alkanes of at least 4 members (excludes halogenated alkanes) is 1. The van der Waals surface area contributed by atoms with E-state index in [9.17, 15) is 10.2 Å². The highest BCUT2D eigenvalue weighted by Crippen LogP contribution is 2.55. The molecule has 5 rings (SSSR count). The number of aryl methyl sites for hydroxylation is 2. The molecule has 1 saturated carbocycles. The molecule has 3 atom stereocenters. The summed E-state index contributed by atoms with van der Waals surface area (Å²) in [6.07, 6.45) is 7.97. The maximum atomic E-state index is 12.7. The van der Waals surface area contributed by atoms with E-state index in [0.29, 0.717) is 12.2 Å². The summed E-state index contributed by atoms with van der Waals surface area (Å²) in [6.45, 7) is 8.53. The molecular weight excluding hydrogens is 398 g/mol. The van der Waals surface area contributed by atoms with Crippen molar-refractivity contribution in [3.05, 3.63) is 46.3 Å². The molecule has 1 fully saturated rings. The number of phenols is 1. The highest BCUT2D eigenvalue weighted by atomic mass is 16.3. The summed E-state index contributed by atoms with van der Waals surface area (Å²) in [5.74, 6) is 1.07. The number of benzene rings is 1. The van der Waals surface area contributed by atoms with Crippen LogP contribution in [0.4, 0.5) is 0 Å². The topological polar surface area (TPSA) is 61.5 Å². The number of hydrogen-bond donors (Lipinski definition) is 2. The van der Waals surface area contributed by atoms with E-state index in [2.05, 4.69) is 43.5 Å². The molecule has 3 aliphatic carbocycles. The summed E-state index contributed by atoms with van der Waals surface area (Å²) in [7, 11) is 2.21. The fourth-order valence-electron chi connectivity index (χ4n) is 6.77. The third-order valence-electron chi connectivity index (χ3n) is 8.79. The van der Waals surface area contributed by atoms with E-state index in [-0.39, 0.29) is 6.04 Å². The monoisotopic (exact) mass is 437 g/mol. The van der Waals surface area contributed by atoms with Crippen molar-refractivity contribution < 1.29 is 10.2 Å². The third-order valence-corrected chi connectivity index (χ3v) is 8.79. The lowest BCUT2D eigenvalue weighted by Gasteiger charge is -2.59. The minimum Gasteiger partial charge on any atom is -0.508 e. The Morgan fingerprint density at radius 2 is 2.00 bits per heavy atom. The fraction of sp³-hybridized carbons (Fsp3) is 0.667. The molecule has 0 radical (unpaired) electrons. The van der Waals surface area contributed by atoms with Crippen LogP contribution in [0.2, 0.25) is 0 Å². The smallest absolute Gasteiger partial charge is 0.115 e. The van der Waals surface area contributed by atoms with Crippen LogP contribution in [0.1, 0.15) is 74.0 Å². The number of aromatic nitrogens is 2. The minimum absolute atomic E-state index is 0.0617. The van der Waals surface area contributed by atoms with Gasteiger partial charge in [-0.15, -0.1) is 0 Å². The number of aliphatic hydroxyl groups is 1. The maximum absolute atomic E-state index is 12.7. The molecule has 3 aliphatic rings. The first-order chi connectivity index (χ1) is 15.3. The van der Waals surface area contributed by atoms with Gasteiger partial charge in [0, 0.05) is 43.1 Å². The van der Waals surface area contributed by atoms with E-state index in [1.165, 1.54) is 29.7 Å². The Morgan fingerprint density at radius 1 is 1.22 bits per heavy atom. The lowest BCUT2D eigenvalue weighted by molar-refractivity contribution is -0.117. The van der Waals surface area contributed by atoms with Crippen molar-refractivity contribution in [2.24, 2.45) is 5.92 Å². The first kappa shape index (κ1) is 22.0. The molecule has 174 valence electrons. The van der Waals surface area contributed by atoms with Crippen molar-refractivity contribution in [1.82, 2.24) is 14.7 Å². The van der Waals surface area contributed by atoms with Crippen molar-refractivity contribution >= 4 is 0 Å². The standard InChI is InChI=1S/C27H39N3O2/c1-5-7-12-30-24-16-26(6-2)23-14-21(31)11-10-20(23)13-25(29(4)17-19-8-9-19)27(26,32)15-22(24)18(3)28-30/h10-11,14,19,25,31-32H,5-9,12-13,15-17H2,1-4H3/t25-,26-,27-/m1/s1. The Hall–Kier alpha value is -1.85. The van der Waals surface area contributed by atoms with E-state index < -0.39 is 11.0 Å². The van der Waals surface area contributed by atoms with Gasteiger partial charge < -0.3 is 10.2 Å². The molecule has 32 heavy (non-hydrogen) atoms. The van der Waals surface area contributed by atoms with Gasteiger partial charge in [-0.1, -0.05) is 26.3 Å². The van der Waals surface area contributed by atoms with Crippen molar-refractivity contribution in [2.45, 2.75) is 95.7 Å². The van der Waals surface area contributed by atoms with Gasteiger partial charge in [0.05, 0.1) is 11.3 Å². The molecule has 5 nitrogen and oxygen atoms in total. The van der Waals surface area contributed by atoms with Crippen molar-refractivity contribution in [3.8, 4) is 5.75 Å². The molecule has 1 aromatic carbocycles. The van der Waals surface area contributed by atoms with Gasteiger partial charge in [0.25, 0.3) is 0 Å². The van der Waals surface area contributed by atoms with Gasteiger partial charge in [0.15, 0.2) is 0 Å². The van der Waals surface area contributed by atoms with Gasteiger partial charge in [0.2, 0.25) is 0 Å². The molecule has 0 saturated heterocycles. The van der Waals surface area contributed by atoms with Gasteiger partial charge in [-0.2, -0.15) is 5.10 Å². The zero-order valence-electron chi connectivity index (χ0n) is 20.2. The van der Waals surface area contributed by atoms with Crippen molar-refractivity contribution in [1.29, 1.82) is 0 Å². The zero-order chi connectivity index (χ0) is 22.7.